The van der Waals surface area contributed by atoms with Gasteiger partial charge < -0.3 is 10.1 Å². The lowest BCUT2D eigenvalue weighted by molar-refractivity contribution is -0.122. The van der Waals surface area contributed by atoms with Crippen LogP contribution in [0.5, 0.6) is 5.75 Å². The van der Waals surface area contributed by atoms with Crippen LogP contribution in [-0.4, -0.2) is 26.1 Å². The van der Waals surface area contributed by atoms with Crippen LogP contribution >= 0.6 is 0 Å². The zero-order valence-electron chi connectivity index (χ0n) is 12.9. The molecule has 0 saturated carbocycles. The largest absolute Gasteiger partial charge is 0.497 e. The fourth-order valence-electron chi connectivity index (χ4n) is 2.40. The predicted molar refractivity (Wildman–Crippen MR) is 85.6 cm³/mol. The third-order valence-corrected chi connectivity index (χ3v) is 3.71. The zero-order valence-corrected chi connectivity index (χ0v) is 12.9. The number of hydrogen-bond acceptors (Lipinski definition) is 3. The second-order valence-corrected chi connectivity index (χ2v) is 5.20. The van der Waals surface area contributed by atoms with E-state index in [0.29, 0.717) is 0 Å². The van der Waals surface area contributed by atoms with Gasteiger partial charge in [0.2, 0.25) is 5.91 Å². The summed E-state index contributed by atoms with van der Waals surface area (Å²) in [6, 6.07) is 12.2. The maximum atomic E-state index is 11.6. The van der Waals surface area contributed by atoms with Crippen LogP contribution in [0, 0.1) is 0 Å². The molecule has 0 radical (unpaired) electrons. The van der Waals surface area contributed by atoms with Crippen molar-refractivity contribution >= 4 is 16.7 Å². The number of rotatable bonds is 5. The lowest BCUT2D eigenvalue weighted by Crippen LogP contribution is -2.41. The minimum absolute atomic E-state index is 0.00706. The van der Waals surface area contributed by atoms with Gasteiger partial charge >= 0.3 is 0 Å². The third kappa shape index (κ3) is 3.52. The standard InChI is InChI=1S/C17H22N2O2/c1-11(19-12(2)17(20)18-3)13-5-6-15-10-16(21-4)8-7-14(15)9-13/h5-12,19H,1-4H3,(H,18,20). The van der Waals surface area contributed by atoms with Crippen LogP contribution in [0.4, 0.5) is 0 Å². The number of methoxy groups -OCH3 is 1. The SMILES string of the molecule is CNC(=O)C(C)NC(C)c1ccc2cc(OC)ccc2c1. The lowest BCUT2D eigenvalue weighted by Gasteiger charge is -2.19. The molecule has 0 aromatic heterocycles. The molecule has 2 unspecified atom stereocenters. The number of carbonyl (C=O) groups excluding carboxylic acids is 1. The van der Waals surface area contributed by atoms with Crippen molar-refractivity contribution in [3.8, 4) is 5.75 Å². The molecule has 0 aliphatic heterocycles. The molecule has 112 valence electrons. The third-order valence-electron chi connectivity index (χ3n) is 3.71. The Morgan fingerprint density at radius 1 is 1.10 bits per heavy atom. The Hall–Kier alpha value is -2.07. The van der Waals surface area contributed by atoms with Crippen molar-refractivity contribution in [2.45, 2.75) is 25.9 Å². The van der Waals surface area contributed by atoms with Crippen molar-refractivity contribution < 1.29 is 9.53 Å². The predicted octanol–water partition coefficient (Wildman–Crippen LogP) is 2.63. The molecule has 1 amide bonds. The molecule has 0 aliphatic carbocycles. The van der Waals surface area contributed by atoms with E-state index in [1.165, 1.54) is 0 Å². The van der Waals surface area contributed by atoms with Crippen LogP contribution in [-0.2, 0) is 4.79 Å². The molecular weight excluding hydrogens is 264 g/mol. The van der Waals surface area contributed by atoms with E-state index in [4.69, 9.17) is 4.74 Å². The summed E-state index contributed by atoms with van der Waals surface area (Å²) >= 11 is 0. The molecule has 0 saturated heterocycles. The van der Waals surface area contributed by atoms with E-state index in [-0.39, 0.29) is 18.0 Å². The van der Waals surface area contributed by atoms with Crippen LogP contribution < -0.4 is 15.4 Å². The maximum absolute atomic E-state index is 11.6. The molecule has 4 heteroatoms. The number of carbonyl (C=O) groups is 1. The quantitative estimate of drug-likeness (QED) is 0.888. The first-order valence-electron chi connectivity index (χ1n) is 7.10. The average Bonchev–Trinajstić information content (AvgIpc) is 2.52. The monoisotopic (exact) mass is 286 g/mol. The molecule has 2 rings (SSSR count). The molecule has 2 atom stereocenters. The highest BCUT2D eigenvalue weighted by atomic mass is 16.5. The van der Waals surface area contributed by atoms with Gasteiger partial charge in [0.25, 0.3) is 0 Å². The Morgan fingerprint density at radius 2 is 1.76 bits per heavy atom. The number of likely N-dealkylation sites (N-methyl/N-ethyl adjacent to an activating group) is 1. The van der Waals surface area contributed by atoms with Gasteiger partial charge in [-0.25, -0.2) is 0 Å². The fraction of sp³-hybridized carbons (Fsp3) is 0.353. The molecule has 0 fully saturated rings. The van der Waals surface area contributed by atoms with E-state index in [0.717, 1.165) is 22.1 Å². The first kappa shape index (κ1) is 15.3. The highest BCUT2D eigenvalue weighted by Gasteiger charge is 2.15. The van der Waals surface area contributed by atoms with E-state index in [1.54, 1.807) is 14.2 Å². The van der Waals surface area contributed by atoms with Crippen molar-refractivity contribution in [1.29, 1.82) is 0 Å². The van der Waals surface area contributed by atoms with Crippen molar-refractivity contribution in [3.05, 3.63) is 42.0 Å². The summed E-state index contributed by atoms with van der Waals surface area (Å²) in [6.45, 7) is 3.92. The summed E-state index contributed by atoms with van der Waals surface area (Å²) in [5.74, 6) is 0.849. The highest BCUT2D eigenvalue weighted by Crippen LogP contribution is 2.24. The Morgan fingerprint density at radius 3 is 2.43 bits per heavy atom. The van der Waals surface area contributed by atoms with Gasteiger partial charge in [-0.05, 0) is 48.4 Å². The number of amides is 1. The summed E-state index contributed by atoms with van der Waals surface area (Å²) in [5.41, 5.74) is 1.16. The fourth-order valence-corrected chi connectivity index (χ4v) is 2.40. The first-order valence-corrected chi connectivity index (χ1v) is 7.10. The molecule has 21 heavy (non-hydrogen) atoms. The molecule has 2 aromatic rings. The van der Waals surface area contributed by atoms with Crippen molar-refractivity contribution in [2.24, 2.45) is 0 Å². The Balaban J connectivity index is 2.20. The summed E-state index contributed by atoms with van der Waals surface area (Å²) < 4.78 is 5.23. The smallest absolute Gasteiger partial charge is 0.236 e. The number of hydrogen-bond donors (Lipinski definition) is 2. The molecule has 0 heterocycles. The van der Waals surface area contributed by atoms with Gasteiger partial charge in [0.15, 0.2) is 0 Å². The van der Waals surface area contributed by atoms with Gasteiger partial charge in [0.05, 0.1) is 13.2 Å². The molecule has 4 nitrogen and oxygen atoms in total. The van der Waals surface area contributed by atoms with E-state index in [9.17, 15) is 4.79 Å². The number of ether oxygens (including phenoxy) is 1. The minimum atomic E-state index is -0.225. The summed E-state index contributed by atoms with van der Waals surface area (Å²) in [4.78, 5) is 11.6. The lowest BCUT2D eigenvalue weighted by atomic mass is 10.0. The molecule has 2 aromatic carbocycles. The highest BCUT2D eigenvalue weighted by molar-refractivity contribution is 5.84. The molecule has 0 aliphatic rings. The average molecular weight is 286 g/mol. The number of benzene rings is 2. The van der Waals surface area contributed by atoms with Gasteiger partial charge in [-0.3, -0.25) is 10.1 Å². The number of nitrogens with one attached hydrogen (secondary N) is 2. The summed E-state index contributed by atoms with van der Waals surface area (Å²) in [7, 11) is 3.32. The van der Waals surface area contributed by atoms with Crippen molar-refractivity contribution in [2.75, 3.05) is 14.2 Å². The molecule has 0 bridgehead atoms. The Bertz CT molecular complexity index is 640. The molecular formula is C17H22N2O2. The van der Waals surface area contributed by atoms with E-state index in [2.05, 4.69) is 35.8 Å². The summed E-state index contributed by atoms with van der Waals surface area (Å²) in [6.07, 6.45) is 0. The zero-order chi connectivity index (χ0) is 15.4. The Kier molecular flexibility index (Phi) is 4.81. The van der Waals surface area contributed by atoms with Crippen LogP contribution in [0.15, 0.2) is 36.4 Å². The second kappa shape index (κ2) is 6.59. The minimum Gasteiger partial charge on any atom is -0.497 e. The van der Waals surface area contributed by atoms with Gasteiger partial charge in [-0.2, -0.15) is 0 Å². The van der Waals surface area contributed by atoms with Gasteiger partial charge in [0, 0.05) is 13.1 Å². The first-order chi connectivity index (χ1) is 10.0. The topological polar surface area (TPSA) is 50.4 Å². The second-order valence-electron chi connectivity index (χ2n) is 5.20. The summed E-state index contributed by atoms with van der Waals surface area (Å²) in [5, 5.41) is 8.25. The van der Waals surface area contributed by atoms with Gasteiger partial charge in [-0.1, -0.05) is 18.2 Å². The van der Waals surface area contributed by atoms with Crippen LogP contribution in [0.25, 0.3) is 10.8 Å². The molecule has 0 spiro atoms. The van der Waals surface area contributed by atoms with Crippen LogP contribution in [0.3, 0.4) is 0 Å². The number of fused-ring (bicyclic) bond motifs is 1. The van der Waals surface area contributed by atoms with Crippen molar-refractivity contribution in [1.82, 2.24) is 10.6 Å². The van der Waals surface area contributed by atoms with Crippen LogP contribution in [0.1, 0.15) is 25.5 Å². The Labute approximate surface area is 125 Å². The van der Waals surface area contributed by atoms with Gasteiger partial charge in [-0.15, -0.1) is 0 Å². The van der Waals surface area contributed by atoms with E-state index >= 15 is 0 Å². The van der Waals surface area contributed by atoms with E-state index in [1.807, 2.05) is 25.1 Å². The van der Waals surface area contributed by atoms with Gasteiger partial charge in [0.1, 0.15) is 5.75 Å². The normalized spacial score (nSPS) is 13.7. The van der Waals surface area contributed by atoms with E-state index < -0.39 is 0 Å². The maximum Gasteiger partial charge on any atom is 0.236 e. The van der Waals surface area contributed by atoms with Crippen molar-refractivity contribution in [3.63, 3.8) is 0 Å². The van der Waals surface area contributed by atoms with Crippen LogP contribution in [0.2, 0.25) is 0 Å². The molecule has 2 N–H and O–H groups in total.